The Morgan fingerprint density at radius 1 is 1.05 bits per heavy atom. The van der Waals surface area contributed by atoms with Gasteiger partial charge in [0.05, 0.1) is 23.8 Å². The maximum Gasteiger partial charge on any atom is 0.416 e. The van der Waals surface area contributed by atoms with Gasteiger partial charge in [-0.05, 0) is 55.8 Å². The lowest BCUT2D eigenvalue weighted by molar-refractivity contribution is -0.137. The van der Waals surface area contributed by atoms with Crippen molar-refractivity contribution in [1.82, 2.24) is 20.1 Å². The van der Waals surface area contributed by atoms with Gasteiger partial charge < -0.3 is 24.8 Å². The Hall–Kier alpha value is -3.37. The molecule has 198 valence electrons. The molecular formula is C27H31F3N4O3. The smallest absolute Gasteiger partial charge is 0.416 e. The molecule has 2 aromatic carbocycles. The molecule has 0 radical (unpaired) electrons. The number of amides is 1. The highest BCUT2D eigenvalue weighted by atomic mass is 19.4. The molecule has 4 rings (SSSR count). The number of fused-ring (bicyclic) bond motifs is 1. The van der Waals surface area contributed by atoms with E-state index < -0.39 is 11.7 Å². The van der Waals surface area contributed by atoms with Crippen LogP contribution in [0, 0.1) is 0 Å². The van der Waals surface area contributed by atoms with Crippen molar-refractivity contribution in [2.24, 2.45) is 0 Å². The molecule has 0 atom stereocenters. The van der Waals surface area contributed by atoms with Crippen LogP contribution in [0.3, 0.4) is 0 Å². The van der Waals surface area contributed by atoms with Gasteiger partial charge in [-0.2, -0.15) is 13.2 Å². The third-order valence-electron chi connectivity index (χ3n) is 6.89. The minimum absolute atomic E-state index is 0.243. The number of pyridine rings is 1. The van der Waals surface area contributed by atoms with E-state index in [1.807, 2.05) is 0 Å². The van der Waals surface area contributed by atoms with Crippen molar-refractivity contribution in [2.45, 2.75) is 38.1 Å². The molecule has 0 aliphatic carbocycles. The molecule has 1 amide bonds. The Labute approximate surface area is 213 Å². The maximum absolute atomic E-state index is 12.9. The zero-order chi connectivity index (χ0) is 26.6. The van der Waals surface area contributed by atoms with Crippen molar-refractivity contribution >= 4 is 16.8 Å². The minimum Gasteiger partial charge on any atom is -0.497 e. The van der Waals surface area contributed by atoms with Gasteiger partial charge >= 0.3 is 6.18 Å². The molecule has 0 spiro atoms. The molecule has 3 aromatic rings. The average Bonchev–Trinajstić information content (AvgIpc) is 2.90. The Kier molecular flexibility index (Phi) is 8.19. The molecule has 2 N–H and O–H groups in total. The molecule has 1 aromatic heterocycles. The summed E-state index contributed by atoms with van der Waals surface area (Å²) < 4.78 is 45.2. The third kappa shape index (κ3) is 6.31. The number of ether oxygens (including phenoxy) is 1. The monoisotopic (exact) mass is 516 g/mol. The molecule has 1 aliphatic rings. The van der Waals surface area contributed by atoms with Gasteiger partial charge in [-0.15, -0.1) is 0 Å². The Balaban J connectivity index is 1.35. The standard InChI is InChI=1S/C27H31F3N4O3/c1-31-26(36)23-16-25(35)34(24-15-21(37-2)7-8-22(23)24)14-13-33-11-9-20(10-12-33)32-17-18-3-5-19(6-4-18)27(28,29)30/h3-8,15-16,20,32H,9-14,17H2,1-2H3,(H,31,36). The van der Waals surface area contributed by atoms with Gasteiger partial charge in [0.25, 0.3) is 11.5 Å². The number of methoxy groups -OCH3 is 1. The van der Waals surface area contributed by atoms with Gasteiger partial charge in [0.15, 0.2) is 0 Å². The first kappa shape index (κ1) is 26.7. The van der Waals surface area contributed by atoms with E-state index in [2.05, 4.69) is 15.5 Å². The van der Waals surface area contributed by atoms with Crippen LogP contribution in [0.2, 0.25) is 0 Å². The summed E-state index contributed by atoms with van der Waals surface area (Å²) >= 11 is 0. The fourth-order valence-corrected chi connectivity index (χ4v) is 4.72. The van der Waals surface area contributed by atoms with Gasteiger partial charge in [-0.25, -0.2) is 0 Å². The molecule has 1 saturated heterocycles. The lowest BCUT2D eigenvalue weighted by Crippen LogP contribution is -2.43. The van der Waals surface area contributed by atoms with Crippen LogP contribution < -0.4 is 20.9 Å². The molecule has 0 bridgehead atoms. The van der Waals surface area contributed by atoms with E-state index in [4.69, 9.17) is 4.74 Å². The molecule has 1 fully saturated rings. The number of halogens is 3. The Morgan fingerprint density at radius 3 is 2.38 bits per heavy atom. The van der Waals surface area contributed by atoms with Crippen LogP contribution in [-0.2, 0) is 19.3 Å². The number of nitrogens with one attached hydrogen (secondary N) is 2. The van der Waals surface area contributed by atoms with E-state index >= 15 is 0 Å². The number of rotatable bonds is 8. The van der Waals surface area contributed by atoms with Gasteiger partial charge in [0, 0.05) is 50.2 Å². The normalized spacial score (nSPS) is 15.2. The van der Waals surface area contributed by atoms with Crippen LogP contribution in [-0.4, -0.2) is 55.2 Å². The summed E-state index contributed by atoms with van der Waals surface area (Å²) in [4.78, 5) is 27.6. The number of piperidine rings is 1. The first-order valence-corrected chi connectivity index (χ1v) is 12.2. The van der Waals surface area contributed by atoms with Crippen LogP contribution in [0.4, 0.5) is 13.2 Å². The third-order valence-corrected chi connectivity index (χ3v) is 6.89. The van der Waals surface area contributed by atoms with Crippen LogP contribution in [0.1, 0.15) is 34.3 Å². The predicted octanol–water partition coefficient (Wildman–Crippen LogP) is 3.64. The second-order valence-corrected chi connectivity index (χ2v) is 9.20. The van der Waals surface area contributed by atoms with Gasteiger partial charge in [-0.3, -0.25) is 9.59 Å². The SMILES string of the molecule is CNC(=O)c1cc(=O)n(CCN2CCC(NCc3ccc(C(F)(F)F)cc3)CC2)c2cc(OC)ccc12. The van der Waals surface area contributed by atoms with Crippen molar-refractivity contribution in [3.05, 3.63) is 75.6 Å². The minimum atomic E-state index is -4.32. The van der Waals surface area contributed by atoms with Crippen LogP contribution >= 0.6 is 0 Å². The van der Waals surface area contributed by atoms with Crippen LogP contribution in [0.5, 0.6) is 5.75 Å². The second-order valence-electron chi connectivity index (χ2n) is 9.20. The first-order chi connectivity index (χ1) is 17.7. The molecule has 1 aliphatic heterocycles. The number of hydrogen-bond acceptors (Lipinski definition) is 5. The zero-order valence-corrected chi connectivity index (χ0v) is 20.9. The zero-order valence-electron chi connectivity index (χ0n) is 20.9. The van der Waals surface area contributed by atoms with Crippen LogP contribution in [0.25, 0.3) is 10.9 Å². The Morgan fingerprint density at radius 2 is 1.76 bits per heavy atom. The number of carbonyl (C=O) groups is 1. The molecular weight excluding hydrogens is 485 g/mol. The summed E-state index contributed by atoms with van der Waals surface area (Å²) in [6.45, 7) is 3.36. The van der Waals surface area contributed by atoms with Gasteiger partial charge in [0.2, 0.25) is 0 Å². The van der Waals surface area contributed by atoms with E-state index in [1.165, 1.54) is 25.2 Å². The van der Waals surface area contributed by atoms with Crippen molar-refractivity contribution in [3.63, 3.8) is 0 Å². The number of aromatic nitrogens is 1. The summed E-state index contributed by atoms with van der Waals surface area (Å²) in [7, 11) is 3.09. The maximum atomic E-state index is 12.9. The number of hydrogen-bond donors (Lipinski definition) is 2. The summed E-state index contributed by atoms with van der Waals surface area (Å²) in [5.74, 6) is 0.292. The number of carbonyl (C=O) groups excluding carboxylic acids is 1. The van der Waals surface area contributed by atoms with Gasteiger partial charge in [-0.1, -0.05) is 12.1 Å². The quantitative estimate of drug-likeness (QED) is 0.478. The van der Waals surface area contributed by atoms with E-state index in [1.54, 1.807) is 29.9 Å². The van der Waals surface area contributed by atoms with E-state index in [0.29, 0.717) is 41.9 Å². The molecule has 0 unspecified atom stereocenters. The van der Waals surface area contributed by atoms with Crippen molar-refractivity contribution in [1.29, 1.82) is 0 Å². The lowest BCUT2D eigenvalue weighted by Gasteiger charge is -2.32. The molecule has 0 saturated carbocycles. The average molecular weight is 517 g/mol. The fourth-order valence-electron chi connectivity index (χ4n) is 4.72. The van der Waals surface area contributed by atoms with Gasteiger partial charge in [0.1, 0.15) is 5.75 Å². The number of benzene rings is 2. The van der Waals surface area contributed by atoms with E-state index in [-0.39, 0.29) is 17.5 Å². The van der Waals surface area contributed by atoms with E-state index in [9.17, 15) is 22.8 Å². The fraction of sp³-hybridized carbons (Fsp3) is 0.407. The van der Waals surface area contributed by atoms with Crippen molar-refractivity contribution in [3.8, 4) is 5.75 Å². The predicted molar refractivity (Wildman–Crippen MR) is 136 cm³/mol. The first-order valence-electron chi connectivity index (χ1n) is 12.2. The molecule has 10 heteroatoms. The topological polar surface area (TPSA) is 75.6 Å². The summed E-state index contributed by atoms with van der Waals surface area (Å²) in [5.41, 5.74) is 0.919. The number of nitrogens with zero attached hydrogens (tertiary/aromatic N) is 2. The second kappa shape index (κ2) is 11.4. The van der Waals surface area contributed by atoms with Crippen molar-refractivity contribution < 1.29 is 22.7 Å². The van der Waals surface area contributed by atoms with E-state index in [0.717, 1.165) is 43.6 Å². The molecule has 7 nitrogen and oxygen atoms in total. The summed E-state index contributed by atoms with van der Waals surface area (Å²) in [6.07, 6.45) is -2.52. The number of alkyl halides is 3. The molecule has 37 heavy (non-hydrogen) atoms. The lowest BCUT2D eigenvalue weighted by atomic mass is 10.0. The summed E-state index contributed by atoms with van der Waals surface area (Å²) in [5, 5.41) is 6.72. The van der Waals surface area contributed by atoms with Crippen molar-refractivity contribution in [2.75, 3.05) is 33.8 Å². The largest absolute Gasteiger partial charge is 0.497 e. The highest BCUT2D eigenvalue weighted by Gasteiger charge is 2.30. The van der Waals surface area contributed by atoms with Crippen LogP contribution in [0.15, 0.2) is 53.3 Å². The Bertz CT molecular complexity index is 1300. The number of likely N-dealkylation sites (tertiary alicyclic amines) is 1. The highest BCUT2D eigenvalue weighted by Crippen LogP contribution is 2.29. The summed E-state index contributed by atoms with van der Waals surface area (Å²) in [6, 6.07) is 12.2. The highest BCUT2D eigenvalue weighted by molar-refractivity contribution is 6.06. The molecule has 2 heterocycles.